The summed E-state index contributed by atoms with van der Waals surface area (Å²) in [6.45, 7) is 2.09. The number of piperidine rings is 2. The number of nitrogen functional groups attached to an aromatic ring is 1. The SMILES string of the molecule is Nc1nc(Cl)cc(OCc2ccc(CNC(=O)CC3CCN(c4ccc5c(c4)C(=O)N(C4CCC(=O)NC4=O)C5=O)CC3)cc2)n1. The quantitative estimate of drug-likeness (QED) is 0.232. The number of nitrogens with zero attached hydrogens (tertiary/aromatic N) is 4. The molecular weight excluding hydrogens is 614 g/mol. The Hall–Kier alpha value is -5.04. The molecule has 0 saturated carbocycles. The molecule has 3 aromatic rings. The molecule has 0 spiro atoms. The Kier molecular flexibility index (Phi) is 8.84. The molecule has 14 heteroatoms. The van der Waals surface area contributed by atoms with Gasteiger partial charge in [0.2, 0.25) is 29.5 Å². The van der Waals surface area contributed by atoms with Gasteiger partial charge in [-0.1, -0.05) is 35.9 Å². The summed E-state index contributed by atoms with van der Waals surface area (Å²) in [5, 5.41) is 5.42. The van der Waals surface area contributed by atoms with Crippen LogP contribution in [-0.2, 0) is 27.5 Å². The lowest BCUT2D eigenvalue weighted by molar-refractivity contribution is -0.136. The number of imide groups is 2. The molecule has 4 N–H and O–H groups in total. The van der Waals surface area contributed by atoms with Crippen molar-refractivity contribution >= 4 is 52.8 Å². The molecule has 46 heavy (non-hydrogen) atoms. The minimum atomic E-state index is -0.994. The van der Waals surface area contributed by atoms with E-state index in [1.54, 1.807) is 12.1 Å². The molecule has 238 valence electrons. The molecule has 3 aliphatic heterocycles. The van der Waals surface area contributed by atoms with Crippen molar-refractivity contribution in [3.8, 4) is 5.88 Å². The van der Waals surface area contributed by atoms with Crippen LogP contribution in [0.4, 0.5) is 11.6 Å². The Morgan fingerprint density at radius 1 is 0.957 bits per heavy atom. The maximum absolute atomic E-state index is 13.2. The number of carbonyl (C=O) groups excluding carboxylic acids is 5. The molecule has 13 nitrogen and oxygen atoms in total. The highest BCUT2D eigenvalue weighted by molar-refractivity contribution is 6.29. The van der Waals surface area contributed by atoms with Crippen molar-refractivity contribution in [1.29, 1.82) is 0 Å². The molecule has 0 bridgehead atoms. The average Bonchev–Trinajstić information content (AvgIpc) is 3.28. The summed E-state index contributed by atoms with van der Waals surface area (Å²) < 4.78 is 5.63. The monoisotopic (exact) mass is 645 g/mol. The molecule has 6 rings (SSSR count). The van der Waals surface area contributed by atoms with Gasteiger partial charge in [0.25, 0.3) is 11.8 Å². The van der Waals surface area contributed by atoms with Crippen molar-refractivity contribution < 1.29 is 28.7 Å². The van der Waals surface area contributed by atoms with E-state index in [0.717, 1.165) is 34.6 Å². The van der Waals surface area contributed by atoms with Crippen molar-refractivity contribution in [2.45, 2.75) is 51.3 Å². The number of rotatable bonds is 9. The zero-order chi connectivity index (χ0) is 32.4. The second-order valence-corrected chi connectivity index (χ2v) is 12.0. The number of hydrogen-bond acceptors (Lipinski definition) is 10. The number of hydrogen-bond donors (Lipinski definition) is 3. The largest absolute Gasteiger partial charge is 0.473 e. The number of ether oxygens (including phenoxy) is 1. The number of halogens is 1. The van der Waals surface area contributed by atoms with Gasteiger partial charge in [0.15, 0.2) is 0 Å². The highest BCUT2D eigenvalue weighted by Gasteiger charge is 2.44. The average molecular weight is 646 g/mol. The van der Waals surface area contributed by atoms with E-state index < -0.39 is 29.7 Å². The normalized spacial score (nSPS) is 18.4. The van der Waals surface area contributed by atoms with Gasteiger partial charge in [-0.3, -0.25) is 34.2 Å². The van der Waals surface area contributed by atoms with Gasteiger partial charge in [-0.2, -0.15) is 4.98 Å². The summed E-state index contributed by atoms with van der Waals surface area (Å²) in [4.78, 5) is 73.6. The standard InChI is InChI=1S/C32H32ClN7O6/c33-25-15-28(38-32(34)36-25)46-17-20-3-1-19(2-4-20)16-35-27(42)13-18-9-11-39(12-10-18)21-5-6-22-23(14-21)31(45)40(30(22)44)24-7-8-26(41)37-29(24)43/h1-6,14-15,18,24H,7-13,16-17H2,(H,35,42)(H2,34,36,38)(H,37,41,43). The van der Waals surface area contributed by atoms with Crippen LogP contribution in [0.2, 0.25) is 5.15 Å². The summed E-state index contributed by atoms with van der Waals surface area (Å²) >= 11 is 5.88. The molecule has 1 atom stereocenters. The molecule has 3 aliphatic rings. The number of benzene rings is 2. The van der Waals surface area contributed by atoms with Crippen molar-refractivity contribution in [3.63, 3.8) is 0 Å². The van der Waals surface area contributed by atoms with Gasteiger partial charge < -0.3 is 20.7 Å². The van der Waals surface area contributed by atoms with Gasteiger partial charge in [0.05, 0.1) is 11.1 Å². The number of amides is 5. The zero-order valence-corrected chi connectivity index (χ0v) is 25.6. The number of fused-ring (bicyclic) bond motifs is 1. The lowest BCUT2D eigenvalue weighted by Gasteiger charge is -2.33. The minimum Gasteiger partial charge on any atom is -0.473 e. The van der Waals surface area contributed by atoms with E-state index in [0.29, 0.717) is 26.1 Å². The first kappa shape index (κ1) is 31.0. The van der Waals surface area contributed by atoms with Gasteiger partial charge in [0, 0.05) is 44.2 Å². The Balaban J connectivity index is 0.956. The Morgan fingerprint density at radius 2 is 1.67 bits per heavy atom. The van der Waals surface area contributed by atoms with Gasteiger partial charge in [-0.05, 0) is 54.5 Å². The van der Waals surface area contributed by atoms with Gasteiger partial charge in [-0.25, -0.2) is 4.98 Å². The molecule has 4 heterocycles. The molecule has 5 amide bonds. The summed E-state index contributed by atoms with van der Waals surface area (Å²) in [5.74, 6) is -1.55. The first-order valence-corrected chi connectivity index (χ1v) is 15.4. The number of nitrogens with two attached hydrogens (primary N) is 1. The van der Waals surface area contributed by atoms with E-state index in [-0.39, 0.29) is 59.4 Å². The molecule has 0 radical (unpaired) electrons. The molecule has 2 saturated heterocycles. The summed E-state index contributed by atoms with van der Waals surface area (Å²) in [7, 11) is 0. The van der Waals surface area contributed by atoms with Crippen LogP contribution in [0.3, 0.4) is 0 Å². The topological polar surface area (TPSA) is 177 Å². The first-order valence-electron chi connectivity index (χ1n) is 15.0. The number of nitrogens with one attached hydrogen (secondary N) is 2. The van der Waals surface area contributed by atoms with Crippen LogP contribution in [0.25, 0.3) is 0 Å². The Bertz CT molecular complexity index is 1690. The predicted molar refractivity (Wildman–Crippen MR) is 167 cm³/mol. The van der Waals surface area contributed by atoms with Crippen molar-refractivity contribution in [3.05, 3.63) is 75.9 Å². The smallest absolute Gasteiger partial charge is 0.262 e. The van der Waals surface area contributed by atoms with E-state index in [2.05, 4.69) is 25.5 Å². The van der Waals surface area contributed by atoms with Crippen LogP contribution >= 0.6 is 11.6 Å². The number of carbonyl (C=O) groups is 5. The second kappa shape index (κ2) is 13.1. The first-order chi connectivity index (χ1) is 22.1. The lowest BCUT2D eigenvalue weighted by atomic mass is 9.92. The summed E-state index contributed by atoms with van der Waals surface area (Å²) in [5.41, 5.74) is 8.79. The van der Waals surface area contributed by atoms with Crippen molar-refractivity contribution in [2.24, 2.45) is 5.92 Å². The van der Waals surface area contributed by atoms with Crippen LogP contribution in [0.1, 0.15) is 63.9 Å². The summed E-state index contributed by atoms with van der Waals surface area (Å²) in [6.07, 6.45) is 2.22. The zero-order valence-electron chi connectivity index (χ0n) is 24.8. The lowest BCUT2D eigenvalue weighted by Crippen LogP contribution is -2.54. The summed E-state index contributed by atoms with van der Waals surface area (Å²) in [6, 6.07) is 13.3. The number of aromatic nitrogens is 2. The predicted octanol–water partition coefficient (Wildman–Crippen LogP) is 2.62. The molecule has 1 unspecified atom stereocenters. The highest BCUT2D eigenvalue weighted by atomic mass is 35.5. The van der Waals surface area contributed by atoms with Crippen LogP contribution < -0.4 is 26.0 Å². The van der Waals surface area contributed by atoms with Gasteiger partial charge >= 0.3 is 0 Å². The molecular formula is C32H32ClN7O6. The van der Waals surface area contributed by atoms with E-state index in [1.807, 2.05) is 30.3 Å². The Labute approximate surface area is 269 Å². The van der Waals surface area contributed by atoms with Crippen molar-refractivity contribution in [1.82, 2.24) is 25.5 Å². The maximum Gasteiger partial charge on any atom is 0.262 e. The van der Waals surface area contributed by atoms with Crippen LogP contribution in [0, 0.1) is 5.92 Å². The number of anilines is 2. The Morgan fingerprint density at radius 3 is 2.39 bits per heavy atom. The third-order valence-corrected chi connectivity index (χ3v) is 8.66. The molecule has 2 fully saturated rings. The minimum absolute atomic E-state index is 0.0146. The third-order valence-electron chi connectivity index (χ3n) is 8.47. The van der Waals surface area contributed by atoms with Crippen LogP contribution in [0.15, 0.2) is 48.5 Å². The third kappa shape index (κ3) is 6.79. The van der Waals surface area contributed by atoms with E-state index in [9.17, 15) is 24.0 Å². The fraction of sp³-hybridized carbons (Fsp3) is 0.344. The second-order valence-electron chi connectivity index (χ2n) is 11.6. The van der Waals surface area contributed by atoms with Gasteiger partial charge in [-0.15, -0.1) is 0 Å². The molecule has 0 aliphatic carbocycles. The highest BCUT2D eigenvalue weighted by Crippen LogP contribution is 2.32. The van der Waals surface area contributed by atoms with Crippen LogP contribution in [0.5, 0.6) is 5.88 Å². The van der Waals surface area contributed by atoms with Gasteiger partial charge in [0.1, 0.15) is 17.8 Å². The van der Waals surface area contributed by atoms with E-state index >= 15 is 0 Å². The van der Waals surface area contributed by atoms with E-state index in [4.69, 9.17) is 22.1 Å². The van der Waals surface area contributed by atoms with Crippen molar-refractivity contribution in [2.75, 3.05) is 23.7 Å². The maximum atomic E-state index is 13.2. The molecule has 2 aromatic carbocycles. The molecule has 1 aromatic heterocycles. The van der Waals surface area contributed by atoms with Crippen LogP contribution in [-0.4, -0.2) is 63.5 Å². The van der Waals surface area contributed by atoms with E-state index in [1.165, 1.54) is 6.07 Å². The fourth-order valence-electron chi connectivity index (χ4n) is 5.98. The fourth-order valence-corrected chi connectivity index (χ4v) is 6.16.